The van der Waals surface area contributed by atoms with Gasteiger partial charge in [-0.3, -0.25) is 4.99 Å². The maximum absolute atomic E-state index is 4.72. The Labute approximate surface area is 138 Å². The summed E-state index contributed by atoms with van der Waals surface area (Å²) in [4.78, 5) is 10.4. The van der Waals surface area contributed by atoms with Crippen LogP contribution in [-0.4, -0.2) is 30.6 Å². The molecule has 2 N–H and O–H groups in total. The number of aryl methyl sites for hydroxylation is 1. The van der Waals surface area contributed by atoms with Crippen molar-refractivity contribution in [1.82, 2.24) is 15.6 Å². The minimum atomic E-state index is 0.891. The van der Waals surface area contributed by atoms with Crippen LogP contribution in [0, 0.1) is 12.8 Å². The lowest BCUT2D eigenvalue weighted by Crippen LogP contribution is -2.38. The summed E-state index contributed by atoms with van der Waals surface area (Å²) in [5.41, 5.74) is 0. The summed E-state index contributed by atoms with van der Waals surface area (Å²) < 4.78 is 0. The van der Waals surface area contributed by atoms with Gasteiger partial charge in [0.15, 0.2) is 5.96 Å². The molecule has 22 heavy (non-hydrogen) atoms. The molecule has 1 aliphatic carbocycles. The van der Waals surface area contributed by atoms with E-state index in [1.807, 2.05) is 6.20 Å². The Bertz CT molecular complexity index is 449. The Morgan fingerprint density at radius 2 is 2.14 bits per heavy atom. The Kier molecular flexibility index (Phi) is 7.71. The van der Waals surface area contributed by atoms with E-state index in [4.69, 9.17) is 4.99 Å². The SMILES string of the molecule is CCNC(=NCCC1CCCCC1)NCCc1ncc(C)s1. The van der Waals surface area contributed by atoms with E-state index in [-0.39, 0.29) is 0 Å². The Balaban J connectivity index is 1.69. The second-order valence-electron chi connectivity index (χ2n) is 6.09. The van der Waals surface area contributed by atoms with E-state index in [9.17, 15) is 0 Å². The number of guanidine groups is 1. The third kappa shape index (κ3) is 6.34. The zero-order chi connectivity index (χ0) is 15.6. The van der Waals surface area contributed by atoms with Gasteiger partial charge in [-0.1, -0.05) is 32.1 Å². The fraction of sp³-hybridized carbons (Fsp3) is 0.765. The van der Waals surface area contributed by atoms with Gasteiger partial charge in [0.25, 0.3) is 0 Å². The molecule has 124 valence electrons. The van der Waals surface area contributed by atoms with Gasteiger partial charge in [0.2, 0.25) is 0 Å². The topological polar surface area (TPSA) is 49.3 Å². The molecule has 0 saturated heterocycles. The first kappa shape index (κ1) is 17.3. The summed E-state index contributed by atoms with van der Waals surface area (Å²) >= 11 is 1.78. The third-order valence-electron chi connectivity index (χ3n) is 4.18. The van der Waals surface area contributed by atoms with Crippen LogP contribution in [0.4, 0.5) is 0 Å². The van der Waals surface area contributed by atoms with Crippen LogP contribution >= 0.6 is 11.3 Å². The summed E-state index contributed by atoms with van der Waals surface area (Å²) in [6.07, 6.45) is 11.2. The van der Waals surface area contributed by atoms with Crippen LogP contribution in [-0.2, 0) is 6.42 Å². The van der Waals surface area contributed by atoms with Crippen LogP contribution in [0.2, 0.25) is 0 Å². The zero-order valence-electron chi connectivity index (χ0n) is 14.0. The van der Waals surface area contributed by atoms with E-state index in [0.717, 1.165) is 37.9 Å². The quantitative estimate of drug-likeness (QED) is 0.596. The molecule has 5 heteroatoms. The van der Waals surface area contributed by atoms with E-state index in [1.165, 1.54) is 48.4 Å². The molecule has 1 aromatic rings. The zero-order valence-corrected chi connectivity index (χ0v) is 14.8. The van der Waals surface area contributed by atoms with Crippen molar-refractivity contribution in [2.75, 3.05) is 19.6 Å². The molecule has 0 aromatic carbocycles. The smallest absolute Gasteiger partial charge is 0.191 e. The van der Waals surface area contributed by atoms with Gasteiger partial charge in [-0.05, 0) is 26.2 Å². The lowest BCUT2D eigenvalue weighted by Gasteiger charge is -2.20. The summed E-state index contributed by atoms with van der Waals surface area (Å²) in [5.74, 6) is 1.85. The normalized spacial score (nSPS) is 16.7. The van der Waals surface area contributed by atoms with Gasteiger partial charge < -0.3 is 10.6 Å². The van der Waals surface area contributed by atoms with Crippen LogP contribution in [0.25, 0.3) is 0 Å². The van der Waals surface area contributed by atoms with Gasteiger partial charge in [-0.25, -0.2) is 4.98 Å². The molecule has 0 spiro atoms. The van der Waals surface area contributed by atoms with E-state index in [2.05, 4.69) is 29.5 Å². The number of aromatic nitrogens is 1. The largest absolute Gasteiger partial charge is 0.357 e. The van der Waals surface area contributed by atoms with E-state index in [1.54, 1.807) is 11.3 Å². The standard InChI is InChI=1S/C17H30N4S/c1-3-18-17(19-11-9-15-7-5-4-6-8-15)20-12-10-16-21-13-14(2)22-16/h13,15H,3-12H2,1-2H3,(H2,18,19,20). The molecule has 0 radical (unpaired) electrons. The Morgan fingerprint density at radius 1 is 1.32 bits per heavy atom. The molecule has 1 fully saturated rings. The van der Waals surface area contributed by atoms with Crippen LogP contribution < -0.4 is 10.6 Å². The van der Waals surface area contributed by atoms with Gasteiger partial charge in [0.1, 0.15) is 0 Å². The second-order valence-corrected chi connectivity index (χ2v) is 7.41. The molecule has 2 rings (SSSR count). The number of aliphatic imine (C=N–C) groups is 1. The van der Waals surface area contributed by atoms with Crippen molar-refractivity contribution in [3.8, 4) is 0 Å². The maximum atomic E-state index is 4.72. The average molecular weight is 323 g/mol. The fourth-order valence-corrected chi connectivity index (χ4v) is 3.77. The molecule has 1 aliphatic rings. The van der Waals surface area contributed by atoms with Crippen molar-refractivity contribution >= 4 is 17.3 Å². The highest BCUT2D eigenvalue weighted by atomic mass is 32.1. The summed E-state index contributed by atoms with van der Waals surface area (Å²) in [5, 5.41) is 7.95. The number of nitrogens with one attached hydrogen (secondary N) is 2. The predicted molar refractivity (Wildman–Crippen MR) is 95.7 cm³/mol. The molecule has 1 heterocycles. The monoisotopic (exact) mass is 322 g/mol. The van der Waals surface area contributed by atoms with E-state index < -0.39 is 0 Å². The van der Waals surface area contributed by atoms with E-state index >= 15 is 0 Å². The van der Waals surface area contributed by atoms with Gasteiger partial charge in [0.05, 0.1) is 5.01 Å². The predicted octanol–water partition coefficient (Wildman–Crippen LogP) is 3.52. The lowest BCUT2D eigenvalue weighted by molar-refractivity contribution is 0.343. The van der Waals surface area contributed by atoms with Gasteiger partial charge in [-0.15, -0.1) is 11.3 Å². The molecule has 1 saturated carbocycles. The number of nitrogens with zero attached hydrogens (tertiary/aromatic N) is 2. The van der Waals surface area contributed by atoms with Crippen molar-refractivity contribution < 1.29 is 0 Å². The van der Waals surface area contributed by atoms with Crippen molar-refractivity contribution in [3.63, 3.8) is 0 Å². The lowest BCUT2D eigenvalue weighted by atomic mass is 9.87. The minimum Gasteiger partial charge on any atom is -0.357 e. The van der Waals surface area contributed by atoms with Gasteiger partial charge >= 0.3 is 0 Å². The van der Waals surface area contributed by atoms with Crippen molar-refractivity contribution in [1.29, 1.82) is 0 Å². The Morgan fingerprint density at radius 3 is 2.82 bits per heavy atom. The highest BCUT2D eigenvalue weighted by Crippen LogP contribution is 2.26. The molecule has 0 aliphatic heterocycles. The molecule has 0 bridgehead atoms. The molecule has 0 unspecified atom stereocenters. The first-order valence-corrected chi connectivity index (χ1v) is 9.53. The molecule has 0 amide bonds. The van der Waals surface area contributed by atoms with Gasteiger partial charge in [-0.2, -0.15) is 0 Å². The van der Waals surface area contributed by atoms with Crippen molar-refractivity contribution in [2.24, 2.45) is 10.9 Å². The number of hydrogen-bond donors (Lipinski definition) is 2. The first-order valence-electron chi connectivity index (χ1n) is 8.71. The molecule has 4 nitrogen and oxygen atoms in total. The van der Waals surface area contributed by atoms with Crippen molar-refractivity contribution in [2.45, 2.75) is 58.8 Å². The molecule has 1 aromatic heterocycles. The minimum absolute atomic E-state index is 0.891. The molecule has 0 atom stereocenters. The van der Waals surface area contributed by atoms with Crippen LogP contribution in [0.3, 0.4) is 0 Å². The molecular formula is C17H30N4S. The van der Waals surface area contributed by atoms with E-state index in [0.29, 0.717) is 0 Å². The molecular weight excluding hydrogens is 292 g/mol. The number of rotatable bonds is 7. The van der Waals surface area contributed by atoms with Crippen LogP contribution in [0.5, 0.6) is 0 Å². The highest BCUT2D eigenvalue weighted by Gasteiger charge is 2.12. The fourth-order valence-electron chi connectivity index (χ4n) is 2.98. The number of thiazole rings is 1. The maximum Gasteiger partial charge on any atom is 0.191 e. The second kappa shape index (κ2) is 9.82. The van der Waals surface area contributed by atoms with Crippen LogP contribution in [0.15, 0.2) is 11.2 Å². The number of hydrogen-bond acceptors (Lipinski definition) is 3. The first-order chi connectivity index (χ1) is 10.8. The summed E-state index contributed by atoms with van der Waals surface area (Å²) in [6, 6.07) is 0. The Hall–Kier alpha value is -1.10. The highest BCUT2D eigenvalue weighted by molar-refractivity contribution is 7.11. The summed E-state index contributed by atoms with van der Waals surface area (Å²) in [7, 11) is 0. The third-order valence-corrected chi connectivity index (χ3v) is 5.15. The van der Waals surface area contributed by atoms with Crippen molar-refractivity contribution in [3.05, 3.63) is 16.1 Å². The average Bonchev–Trinajstić information content (AvgIpc) is 2.94. The van der Waals surface area contributed by atoms with Crippen LogP contribution in [0.1, 0.15) is 55.3 Å². The van der Waals surface area contributed by atoms with Gasteiger partial charge in [0, 0.05) is 37.1 Å². The summed E-state index contributed by atoms with van der Waals surface area (Å²) in [6.45, 7) is 6.96.